The average Bonchev–Trinajstić information content (AvgIpc) is 2.92. The highest BCUT2D eigenvalue weighted by Gasteiger charge is 2.18. The third-order valence-corrected chi connectivity index (χ3v) is 4.38. The summed E-state index contributed by atoms with van der Waals surface area (Å²) in [6, 6.07) is 0. The number of hydrogen-bond donors (Lipinski definition) is 1. The van der Waals surface area contributed by atoms with Crippen molar-refractivity contribution in [2.75, 3.05) is 5.75 Å². The van der Waals surface area contributed by atoms with Gasteiger partial charge in [-0.25, -0.2) is 4.98 Å². The van der Waals surface area contributed by atoms with E-state index in [-0.39, 0.29) is 5.75 Å². The molecule has 0 atom stereocenters. The van der Waals surface area contributed by atoms with Crippen molar-refractivity contribution in [3.63, 3.8) is 0 Å². The Labute approximate surface area is 128 Å². The number of nitrogens with zero attached hydrogens (tertiary/aromatic N) is 4. The van der Waals surface area contributed by atoms with E-state index in [4.69, 9.17) is 5.11 Å². The van der Waals surface area contributed by atoms with Crippen LogP contribution in [0.25, 0.3) is 11.2 Å². The van der Waals surface area contributed by atoms with Gasteiger partial charge in [0.15, 0.2) is 10.8 Å². The van der Waals surface area contributed by atoms with Gasteiger partial charge in [0.2, 0.25) is 0 Å². The molecule has 2 aromatic heterocycles. The summed E-state index contributed by atoms with van der Waals surface area (Å²) in [5.41, 5.74) is 2.75. The minimum Gasteiger partial charge on any atom is -0.481 e. The molecule has 0 aliphatic rings. The molecule has 0 spiro atoms. The smallest absolute Gasteiger partial charge is 0.313 e. The molecule has 6 nitrogen and oxygen atoms in total. The first-order valence-electron chi connectivity index (χ1n) is 7.29. The summed E-state index contributed by atoms with van der Waals surface area (Å²) >= 11 is 1.28. The Morgan fingerprint density at radius 2 is 2.10 bits per heavy atom. The molecule has 0 unspecified atom stereocenters. The van der Waals surface area contributed by atoms with E-state index in [9.17, 15) is 4.79 Å². The predicted octanol–water partition coefficient (Wildman–Crippen LogP) is 2.84. The summed E-state index contributed by atoms with van der Waals surface area (Å²) in [6.07, 6.45) is 4.67. The molecule has 0 saturated carbocycles. The first-order chi connectivity index (χ1) is 10.0. The van der Waals surface area contributed by atoms with Gasteiger partial charge in [0.05, 0.1) is 11.4 Å². The summed E-state index contributed by atoms with van der Waals surface area (Å²) < 4.78 is 3.95. The molecule has 21 heavy (non-hydrogen) atoms. The number of aromatic nitrogens is 4. The summed E-state index contributed by atoms with van der Waals surface area (Å²) in [5, 5.41) is 14.0. The van der Waals surface area contributed by atoms with Crippen LogP contribution in [0.4, 0.5) is 0 Å². The lowest BCUT2D eigenvalue weighted by atomic mass is 10.2. The van der Waals surface area contributed by atoms with Crippen LogP contribution in [0.5, 0.6) is 0 Å². The highest BCUT2D eigenvalue weighted by molar-refractivity contribution is 7.99. The maximum Gasteiger partial charge on any atom is 0.313 e. The van der Waals surface area contributed by atoms with Gasteiger partial charge in [0, 0.05) is 13.6 Å². The second kappa shape index (κ2) is 6.98. The van der Waals surface area contributed by atoms with Gasteiger partial charge in [-0.3, -0.25) is 9.48 Å². The van der Waals surface area contributed by atoms with Crippen LogP contribution < -0.4 is 0 Å². The molecule has 0 amide bonds. The topological polar surface area (TPSA) is 72.9 Å². The number of aryl methyl sites for hydroxylation is 3. The molecule has 116 valence electrons. The molecular weight excluding hydrogens is 288 g/mol. The second-order valence-electron chi connectivity index (χ2n) is 5.17. The number of fused-ring (bicyclic) bond motifs is 1. The zero-order valence-corrected chi connectivity index (χ0v) is 13.6. The van der Waals surface area contributed by atoms with Crippen LogP contribution in [0.15, 0.2) is 5.16 Å². The standard InChI is InChI=1S/C14H22N4O2S/c1-4-5-6-7-8-18-13-12(10(2)16-17(13)3)15-14(18)21-9-11(19)20/h4-9H2,1-3H3,(H,19,20). The Hall–Kier alpha value is -1.50. The van der Waals surface area contributed by atoms with Gasteiger partial charge in [-0.1, -0.05) is 37.9 Å². The van der Waals surface area contributed by atoms with Gasteiger partial charge in [-0.2, -0.15) is 5.10 Å². The molecule has 0 saturated heterocycles. The highest BCUT2D eigenvalue weighted by Crippen LogP contribution is 2.26. The maximum atomic E-state index is 10.8. The molecule has 1 N–H and O–H groups in total. The number of carboxylic acids is 1. The number of hydrogen-bond acceptors (Lipinski definition) is 4. The molecule has 0 radical (unpaired) electrons. The van der Waals surface area contributed by atoms with Crippen molar-refractivity contribution in [3.05, 3.63) is 5.69 Å². The van der Waals surface area contributed by atoms with E-state index in [1.165, 1.54) is 31.0 Å². The van der Waals surface area contributed by atoms with Crippen molar-refractivity contribution in [1.82, 2.24) is 19.3 Å². The number of unbranched alkanes of at least 4 members (excludes halogenated alkanes) is 3. The van der Waals surface area contributed by atoms with E-state index in [2.05, 4.69) is 21.6 Å². The monoisotopic (exact) mass is 310 g/mol. The number of imidazole rings is 1. The molecule has 7 heteroatoms. The third-order valence-electron chi connectivity index (χ3n) is 3.42. The Balaban J connectivity index is 2.27. The minimum atomic E-state index is -0.820. The molecule has 0 aromatic carbocycles. The fourth-order valence-electron chi connectivity index (χ4n) is 2.45. The second-order valence-corrected chi connectivity index (χ2v) is 6.11. The normalized spacial score (nSPS) is 11.4. The lowest BCUT2D eigenvalue weighted by Gasteiger charge is -2.08. The zero-order valence-electron chi connectivity index (χ0n) is 12.8. The van der Waals surface area contributed by atoms with Crippen molar-refractivity contribution in [3.8, 4) is 0 Å². The summed E-state index contributed by atoms with van der Waals surface area (Å²) in [6.45, 7) is 4.98. The van der Waals surface area contributed by atoms with Crippen LogP contribution in [0, 0.1) is 6.92 Å². The predicted molar refractivity (Wildman–Crippen MR) is 83.7 cm³/mol. The summed E-state index contributed by atoms with van der Waals surface area (Å²) in [5.74, 6) is -0.787. The minimum absolute atomic E-state index is 0.0325. The SMILES string of the molecule is CCCCCCn1c(SCC(=O)O)nc2c(C)nn(C)c21. The van der Waals surface area contributed by atoms with Crippen molar-refractivity contribution in [1.29, 1.82) is 0 Å². The molecule has 0 aliphatic heterocycles. The number of carbonyl (C=O) groups is 1. The number of carboxylic acid groups (broad SMARTS) is 1. The van der Waals surface area contributed by atoms with Crippen LogP contribution in [0.3, 0.4) is 0 Å². The molecule has 2 rings (SSSR count). The van der Waals surface area contributed by atoms with Crippen LogP contribution >= 0.6 is 11.8 Å². The fraction of sp³-hybridized carbons (Fsp3) is 0.643. The molecule has 0 fully saturated rings. The van der Waals surface area contributed by atoms with Crippen LogP contribution in [-0.2, 0) is 18.4 Å². The van der Waals surface area contributed by atoms with Crippen LogP contribution in [-0.4, -0.2) is 36.2 Å². The zero-order chi connectivity index (χ0) is 15.4. The lowest BCUT2D eigenvalue weighted by Crippen LogP contribution is -2.06. The largest absolute Gasteiger partial charge is 0.481 e. The number of thioether (sulfide) groups is 1. The summed E-state index contributed by atoms with van der Waals surface area (Å²) in [7, 11) is 1.91. The Kier molecular flexibility index (Phi) is 5.27. The van der Waals surface area contributed by atoms with Crippen LogP contribution in [0.1, 0.15) is 38.3 Å². The molecule has 2 heterocycles. The summed E-state index contributed by atoms with van der Waals surface area (Å²) in [4.78, 5) is 15.4. The van der Waals surface area contributed by atoms with Crippen molar-refractivity contribution in [2.24, 2.45) is 7.05 Å². The van der Waals surface area contributed by atoms with E-state index in [1.807, 2.05) is 18.7 Å². The molecular formula is C14H22N4O2S. The average molecular weight is 310 g/mol. The van der Waals surface area contributed by atoms with E-state index in [1.54, 1.807) is 0 Å². The Morgan fingerprint density at radius 3 is 2.76 bits per heavy atom. The van der Waals surface area contributed by atoms with Gasteiger partial charge < -0.3 is 9.67 Å². The lowest BCUT2D eigenvalue weighted by molar-refractivity contribution is -0.133. The fourth-order valence-corrected chi connectivity index (χ4v) is 3.19. The Morgan fingerprint density at radius 1 is 1.33 bits per heavy atom. The highest BCUT2D eigenvalue weighted by atomic mass is 32.2. The van der Waals surface area contributed by atoms with Gasteiger partial charge in [-0.05, 0) is 13.3 Å². The van der Waals surface area contributed by atoms with Gasteiger partial charge in [-0.15, -0.1) is 0 Å². The quantitative estimate of drug-likeness (QED) is 0.599. The maximum absolute atomic E-state index is 10.8. The molecule has 0 aliphatic carbocycles. The molecule has 2 aromatic rings. The van der Waals surface area contributed by atoms with E-state index < -0.39 is 5.97 Å². The van der Waals surface area contributed by atoms with Crippen LogP contribution in [0.2, 0.25) is 0 Å². The first kappa shape index (κ1) is 15.9. The first-order valence-corrected chi connectivity index (χ1v) is 8.27. The van der Waals surface area contributed by atoms with E-state index in [0.29, 0.717) is 0 Å². The molecule has 0 bridgehead atoms. The van der Waals surface area contributed by atoms with Gasteiger partial charge in [0.25, 0.3) is 0 Å². The third kappa shape index (κ3) is 3.58. The number of rotatable bonds is 8. The Bertz CT molecular complexity index is 632. The van der Waals surface area contributed by atoms with Crippen molar-refractivity contribution >= 4 is 28.9 Å². The van der Waals surface area contributed by atoms with E-state index in [0.717, 1.165) is 35.0 Å². The van der Waals surface area contributed by atoms with Crippen molar-refractivity contribution in [2.45, 2.75) is 51.2 Å². The number of aliphatic carboxylic acids is 1. The van der Waals surface area contributed by atoms with Crippen molar-refractivity contribution < 1.29 is 9.90 Å². The van der Waals surface area contributed by atoms with Gasteiger partial charge >= 0.3 is 5.97 Å². The van der Waals surface area contributed by atoms with E-state index >= 15 is 0 Å². The van der Waals surface area contributed by atoms with Gasteiger partial charge in [0.1, 0.15) is 5.52 Å².